The fraction of sp³-hybridized carbons (Fsp3) is 0.125. The maximum Gasteiger partial charge on any atom is 0.314 e. The first-order valence-electron chi connectivity index (χ1n) is 7.03. The van der Waals surface area contributed by atoms with E-state index in [1.165, 1.54) is 42.5 Å². The zero-order chi connectivity index (χ0) is 17.1. The van der Waals surface area contributed by atoms with Gasteiger partial charge >= 0.3 is 5.69 Å². The molecule has 3 rings (SSSR count). The van der Waals surface area contributed by atoms with E-state index in [0.717, 1.165) is 0 Å². The Labute approximate surface area is 136 Å². The molecule has 0 fully saturated rings. The Morgan fingerprint density at radius 3 is 2.67 bits per heavy atom. The lowest BCUT2D eigenvalue weighted by Gasteiger charge is -2.05. The highest BCUT2D eigenvalue weighted by molar-refractivity contribution is 5.68. The predicted octanol–water partition coefficient (Wildman–Crippen LogP) is 3.05. The lowest BCUT2D eigenvalue weighted by atomic mass is 10.2. The number of benzene rings is 1. The average molecular weight is 328 g/mol. The third kappa shape index (κ3) is 3.07. The summed E-state index contributed by atoms with van der Waals surface area (Å²) in [5.74, 6) is -0.353. The minimum absolute atomic E-state index is 0.116. The van der Waals surface area contributed by atoms with Gasteiger partial charge in [0.15, 0.2) is 17.3 Å². The molecular formula is C16H13FN4O3. The number of rotatable bonds is 5. The second-order valence-electron chi connectivity index (χ2n) is 5.02. The van der Waals surface area contributed by atoms with Crippen molar-refractivity contribution in [2.24, 2.45) is 0 Å². The van der Waals surface area contributed by atoms with Gasteiger partial charge < -0.3 is 4.74 Å². The van der Waals surface area contributed by atoms with E-state index in [1.54, 1.807) is 18.2 Å². The number of aromatic nitrogens is 3. The Kier molecular flexibility index (Phi) is 4.19. The van der Waals surface area contributed by atoms with Crippen LogP contribution >= 0.6 is 0 Å². The molecule has 1 aromatic carbocycles. The molecule has 2 aromatic heterocycles. The zero-order valence-corrected chi connectivity index (χ0v) is 12.7. The van der Waals surface area contributed by atoms with E-state index in [1.807, 2.05) is 0 Å². The van der Waals surface area contributed by atoms with Crippen molar-refractivity contribution in [3.63, 3.8) is 0 Å². The molecule has 0 radical (unpaired) electrons. The first kappa shape index (κ1) is 15.6. The van der Waals surface area contributed by atoms with Gasteiger partial charge in [0.05, 0.1) is 18.6 Å². The summed E-state index contributed by atoms with van der Waals surface area (Å²) < 4.78 is 20.0. The van der Waals surface area contributed by atoms with Crippen molar-refractivity contribution in [1.29, 1.82) is 0 Å². The quantitative estimate of drug-likeness (QED) is 0.531. The van der Waals surface area contributed by atoms with Gasteiger partial charge in [-0.05, 0) is 29.8 Å². The van der Waals surface area contributed by atoms with E-state index < -0.39 is 10.7 Å². The molecular weight excluding hydrogens is 315 g/mol. The smallest absolute Gasteiger partial charge is 0.314 e. The van der Waals surface area contributed by atoms with Crippen LogP contribution in [0.4, 0.5) is 10.1 Å². The Bertz CT molecular complexity index is 880. The molecule has 0 aliphatic rings. The molecule has 0 saturated carbocycles. The zero-order valence-electron chi connectivity index (χ0n) is 12.7. The van der Waals surface area contributed by atoms with Gasteiger partial charge in [-0.3, -0.25) is 19.8 Å². The van der Waals surface area contributed by atoms with Gasteiger partial charge in [-0.25, -0.2) is 4.39 Å². The fourth-order valence-corrected chi connectivity index (χ4v) is 2.34. The molecule has 0 unspecified atom stereocenters. The monoisotopic (exact) mass is 328 g/mol. The van der Waals surface area contributed by atoms with Crippen LogP contribution in [0.2, 0.25) is 0 Å². The standard InChI is InChI=1S/C16H13FN4O3/c1-24-15-3-2-11(8-13(15)17)9-20-10-14(21(22)23)16(19-20)12-4-6-18-7-5-12/h2-8,10H,9H2,1H3. The van der Waals surface area contributed by atoms with Gasteiger partial charge in [-0.1, -0.05) is 6.07 Å². The van der Waals surface area contributed by atoms with Crippen LogP contribution < -0.4 is 4.74 Å². The van der Waals surface area contributed by atoms with Crippen LogP contribution in [-0.2, 0) is 6.54 Å². The molecule has 0 spiro atoms. The first-order valence-corrected chi connectivity index (χ1v) is 7.03. The molecule has 7 nitrogen and oxygen atoms in total. The number of nitro groups is 1. The third-order valence-electron chi connectivity index (χ3n) is 3.45. The molecule has 8 heteroatoms. The van der Waals surface area contributed by atoms with Crippen LogP contribution in [0.5, 0.6) is 5.75 Å². The fourth-order valence-electron chi connectivity index (χ4n) is 2.34. The van der Waals surface area contributed by atoms with Gasteiger partial charge in [-0.2, -0.15) is 5.10 Å². The normalized spacial score (nSPS) is 10.6. The van der Waals surface area contributed by atoms with Gasteiger partial charge in [0.25, 0.3) is 0 Å². The van der Waals surface area contributed by atoms with E-state index >= 15 is 0 Å². The highest BCUT2D eigenvalue weighted by Gasteiger charge is 2.21. The minimum Gasteiger partial charge on any atom is -0.494 e. The van der Waals surface area contributed by atoms with E-state index in [0.29, 0.717) is 11.1 Å². The van der Waals surface area contributed by atoms with Gasteiger partial charge in [0.1, 0.15) is 6.20 Å². The minimum atomic E-state index is -0.494. The molecule has 24 heavy (non-hydrogen) atoms. The van der Waals surface area contributed by atoms with Crippen LogP contribution in [0.3, 0.4) is 0 Å². The Morgan fingerprint density at radius 2 is 2.04 bits per heavy atom. The van der Waals surface area contributed by atoms with Gasteiger partial charge in [0, 0.05) is 18.0 Å². The molecule has 0 amide bonds. The summed E-state index contributed by atoms with van der Waals surface area (Å²) >= 11 is 0. The lowest BCUT2D eigenvalue weighted by Crippen LogP contribution is -2.01. The van der Waals surface area contributed by atoms with Crippen molar-refractivity contribution < 1.29 is 14.1 Å². The van der Waals surface area contributed by atoms with Crippen LogP contribution in [0.1, 0.15) is 5.56 Å². The second kappa shape index (κ2) is 6.45. The summed E-state index contributed by atoms with van der Waals surface area (Å²) in [5.41, 5.74) is 1.34. The number of nitrogens with zero attached hydrogens (tertiary/aromatic N) is 4. The molecule has 0 aliphatic heterocycles. The Morgan fingerprint density at radius 1 is 1.29 bits per heavy atom. The van der Waals surface area contributed by atoms with Crippen LogP contribution in [0, 0.1) is 15.9 Å². The van der Waals surface area contributed by atoms with Crippen molar-refractivity contribution in [1.82, 2.24) is 14.8 Å². The lowest BCUT2D eigenvalue weighted by molar-refractivity contribution is -0.384. The van der Waals surface area contributed by atoms with E-state index in [-0.39, 0.29) is 23.7 Å². The first-order chi connectivity index (χ1) is 11.6. The molecule has 0 aliphatic carbocycles. The largest absolute Gasteiger partial charge is 0.494 e. The number of methoxy groups -OCH3 is 1. The highest BCUT2D eigenvalue weighted by atomic mass is 19.1. The summed E-state index contributed by atoms with van der Waals surface area (Å²) in [6, 6.07) is 7.80. The average Bonchev–Trinajstić information content (AvgIpc) is 3.00. The predicted molar refractivity (Wildman–Crippen MR) is 84.2 cm³/mol. The summed E-state index contributed by atoms with van der Waals surface area (Å²) in [5, 5.41) is 15.5. The van der Waals surface area contributed by atoms with Crippen molar-refractivity contribution in [2.45, 2.75) is 6.54 Å². The summed E-state index contributed by atoms with van der Waals surface area (Å²) in [6.07, 6.45) is 4.41. The number of hydrogen-bond donors (Lipinski definition) is 0. The van der Waals surface area contributed by atoms with Crippen molar-refractivity contribution >= 4 is 5.69 Å². The number of halogens is 1. The maximum absolute atomic E-state index is 13.8. The number of ether oxygens (including phenoxy) is 1. The molecule has 0 atom stereocenters. The number of hydrogen-bond acceptors (Lipinski definition) is 5. The Hall–Kier alpha value is -3.29. The van der Waals surface area contributed by atoms with Crippen molar-refractivity contribution in [3.8, 4) is 17.0 Å². The molecule has 2 heterocycles. The second-order valence-corrected chi connectivity index (χ2v) is 5.02. The number of pyridine rings is 1. The van der Waals surface area contributed by atoms with Crippen LogP contribution in [-0.4, -0.2) is 26.8 Å². The van der Waals surface area contributed by atoms with Gasteiger partial charge in [-0.15, -0.1) is 0 Å². The molecule has 3 aromatic rings. The molecule has 122 valence electrons. The van der Waals surface area contributed by atoms with E-state index in [2.05, 4.69) is 10.1 Å². The van der Waals surface area contributed by atoms with Crippen LogP contribution in [0.25, 0.3) is 11.3 Å². The molecule has 0 saturated heterocycles. The van der Waals surface area contributed by atoms with Crippen LogP contribution in [0.15, 0.2) is 48.9 Å². The van der Waals surface area contributed by atoms with E-state index in [9.17, 15) is 14.5 Å². The topological polar surface area (TPSA) is 83.1 Å². The van der Waals surface area contributed by atoms with E-state index in [4.69, 9.17) is 4.74 Å². The van der Waals surface area contributed by atoms with Crippen molar-refractivity contribution in [2.75, 3.05) is 7.11 Å². The SMILES string of the molecule is COc1ccc(Cn2cc([N+](=O)[O-])c(-c3ccncc3)n2)cc1F. The Balaban J connectivity index is 1.95. The summed E-state index contributed by atoms with van der Waals surface area (Å²) in [4.78, 5) is 14.7. The highest BCUT2D eigenvalue weighted by Crippen LogP contribution is 2.28. The molecule has 0 N–H and O–H groups in total. The third-order valence-corrected chi connectivity index (χ3v) is 3.45. The van der Waals surface area contributed by atoms with Gasteiger partial charge in [0.2, 0.25) is 0 Å². The summed E-state index contributed by atoms with van der Waals surface area (Å²) in [6.45, 7) is 0.201. The van der Waals surface area contributed by atoms with Crippen molar-refractivity contribution in [3.05, 3.63) is 70.4 Å². The molecule has 0 bridgehead atoms. The summed E-state index contributed by atoms with van der Waals surface area (Å²) in [7, 11) is 1.38. The maximum atomic E-state index is 13.8.